The molecule has 2 aromatic heterocycles. The fraction of sp³-hybridized carbons (Fsp3) is 0.318. The summed E-state index contributed by atoms with van der Waals surface area (Å²) in [6.45, 7) is 1.96. The maximum atomic E-state index is 5.20. The Morgan fingerprint density at radius 1 is 1.04 bits per heavy atom. The fourth-order valence-corrected chi connectivity index (χ4v) is 3.69. The van der Waals surface area contributed by atoms with Gasteiger partial charge in [0.05, 0.1) is 7.11 Å². The molecule has 1 aliphatic rings. The summed E-state index contributed by atoms with van der Waals surface area (Å²) in [7, 11) is 1.67. The monoisotopic (exact) mass is 360 g/mol. The third-order valence-electron chi connectivity index (χ3n) is 5.12. The minimum Gasteiger partial charge on any atom is -0.497 e. The number of piperidine rings is 1. The summed E-state index contributed by atoms with van der Waals surface area (Å²) in [5.74, 6) is 1.57. The molecule has 0 amide bonds. The molecule has 0 N–H and O–H groups in total. The molecule has 1 aromatic carbocycles. The zero-order valence-corrected chi connectivity index (χ0v) is 15.6. The van der Waals surface area contributed by atoms with Gasteiger partial charge in [-0.05, 0) is 55.3 Å². The molecular formula is C22H24N4O. The predicted octanol–water partition coefficient (Wildman–Crippen LogP) is 4.27. The Bertz CT molecular complexity index is 850. The van der Waals surface area contributed by atoms with Crippen molar-refractivity contribution in [2.45, 2.75) is 31.8 Å². The molecule has 3 aromatic rings. The van der Waals surface area contributed by atoms with Crippen molar-refractivity contribution in [3.05, 3.63) is 72.3 Å². The molecule has 0 saturated carbocycles. The number of aromatic nitrogens is 3. The van der Waals surface area contributed by atoms with E-state index in [-0.39, 0.29) is 0 Å². The smallest absolute Gasteiger partial charge is 0.159 e. The molecule has 1 atom stereocenters. The molecule has 4 rings (SSSR count). The highest BCUT2D eigenvalue weighted by Crippen LogP contribution is 2.31. The Balaban J connectivity index is 1.48. The normalized spacial score (nSPS) is 17.6. The van der Waals surface area contributed by atoms with Crippen LogP contribution < -0.4 is 4.74 Å². The average Bonchev–Trinajstić information content (AvgIpc) is 2.75. The van der Waals surface area contributed by atoms with E-state index in [4.69, 9.17) is 4.74 Å². The summed E-state index contributed by atoms with van der Waals surface area (Å²) in [4.78, 5) is 16.0. The standard InChI is InChI=1S/C22H24N4O/c1-27-20-9-7-18(8-10-20)22-24-13-17(14-25-22)16-26-12-3-2-6-21(26)19-5-4-11-23-15-19/h4-5,7-11,13-15,21H,2-3,6,12,16H2,1H3/t21-/m1/s1. The summed E-state index contributed by atoms with van der Waals surface area (Å²) < 4.78 is 5.20. The Kier molecular flexibility index (Phi) is 5.39. The van der Waals surface area contributed by atoms with Crippen molar-refractivity contribution in [2.75, 3.05) is 13.7 Å². The molecule has 1 fully saturated rings. The van der Waals surface area contributed by atoms with E-state index in [1.807, 2.05) is 55.1 Å². The van der Waals surface area contributed by atoms with E-state index >= 15 is 0 Å². The van der Waals surface area contributed by atoms with E-state index in [0.717, 1.165) is 35.8 Å². The van der Waals surface area contributed by atoms with E-state index in [1.165, 1.54) is 24.8 Å². The maximum absolute atomic E-state index is 5.20. The van der Waals surface area contributed by atoms with Crippen LogP contribution in [0.5, 0.6) is 5.75 Å². The lowest BCUT2D eigenvalue weighted by Crippen LogP contribution is -2.33. The van der Waals surface area contributed by atoms with Crippen molar-refractivity contribution in [1.82, 2.24) is 19.9 Å². The lowest BCUT2D eigenvalue weighted by atomic mass is 9.96. The largest absolute Gasteiger partial charge is 0.497 e. The first-order chi connectivity index (χ1) is 13.3. The first-order valence-electron chi connectivity index (χ1n) is 9.43. The van der Waals surface area contributed by atoms with Gasteiger partial charge in [0.15, 0.2) is 5.82 Å². The molecule has 5 nitrogen and oxygen atoms in total. The highest BCUT2D eigenvalue weighted by atomic mass is 16.5. The van der Waals surface area contributed by atoms with Gasteiger partial charge in [-0.2, -0.15) is 0 Å². The zero-order chi connectivity index (χ0) is 18.5. The van der Waals surface area contributed by atoms with Crippen LogP contribution >= 0.6 is 0 Å². The van der Waals surface area contributed by atoms with Gasteiger partial charge in [-0.15, -0.1) is 0 Å². The topological polar surface area (TPSA) is 51.1 Å². The average molecular weight is 360 g/mol. The number of likely N-dealkylation sites (tertiary alicyclic amines) is 1. The van der Waals surface area contributed by atoms with Crippen molar-refractivity contribution in [2.24, 2.45) is 0 Å². The van der Waals surface area contributed by atoms with E-state index in [9.17, 15) is 0 Å². The number of pyridine rings is 1. The minimum absolute atomic E-state index is 0.425. The molecule has 0 spiro atoms. The van der Waals surface area contributed by atoms with E-state index in [0.29, 0.717) is 6.04 Å². The molecule has 0 radical (unpaired) electrons. The number of hydrogen-bond acceptors (Lipinski definition) is 5. The summed E-state index contributed by atoms with van der Waals surface area (Å²) in [5.41, 5.74) is 3.43. The fourth-order valence-electron chi connectivity index (χ4n) is 3.69. The maximum Gasteiger partial charge on any atom is 0.159 e. The summed E-state index contributed by atoms with van der Waals surface area (Å²) >= 11 is 0. The van der Waals surface area contributed by atoms with Gasteiger partial charge in [-0.1, -0.05) is 12.5 Å². The zero-order valence-electron chi connectivity index (χ0n) is 15.6. The van der Waals surface area contributed by atoms with E-state index < -0.39 is 0 Å². The second kappa shape index (κ2) is 8.27. The quantitative estimate of drug-likeness (QED) is 0.680. The van der Waals surface area contributed by atoms with E-state index in [2.05, 4.69) is 25.9 Å². The van der Waals surface area contributed by atoms with Gasteiger partial charge >= 0.3 is 0 Å². The molecule has 0 aliphatic carbocycles. The molecule has 0 unspecified atom stereocenters. The minimum atomic E-state index is 0.425. The predicted molar refractivity (Wildman–Crippen MR) is 105 cm³/mol. The molecule has 1 aliphatic heterocycles. The highest BCUT2D eigenvalue weighted by Gasteiger charge is 2.24. The van der Waals surface area contributed by atoms with Crippen LogP contribution in [0.1, 0.15) is 36.4 Å². The van der Waals surface area contributed by atoms with Crippen LogP contribution in [0.15, 0.2) is 61.2 Å². The van der Waals surface area contributed by atoms with E-state index in [1.54, 1.807) is 7.11 Å². The molecule has 3 heterocycles. The van der Waals surface area contributed by atoms with Crippen LogP contribution in [0.4, 0.5) is 0 Å². The second-order valence-corrected chi connectivity index (χ2v) is 6.91. The molecule has 0 bridgehead atoms. The Morgan fingerprint density at radius 3 is 2.56 bits per heavy atom. The van der Waals surface area contributed by atoms with Crippen LogP contribution in [0.2, 0.25) is 0 Å². The van der Waals surface area contributed by atoms with Crippen molar-refractivity contribution in [3.8, 4) is 17.1 Å². The Morgan fingerprint density at radius 2 is 1.85 bits per heavy atom. The summed E-state index contributed by atoms with van der Waals surface area (Å²) in [5, 5.41) is 0. The SMILES string of the molecule is COc1ccc(-c2ncc(CN3CCCC[C@@H]3c3cccnc3)cn2)cc1. The lowest BCUT2D eigenvalue weighted by Gasteiger charge is -2.35. The van der Waals surface area contributed by atoms with Crippen molar-refractivity contribution >= 4 is 0 Å². The second-order valence-electron chi connectivity index (χ2n) is 6.91. The van der Waals surface area contributed by atoms with Gasteiger partial charge < -0.3 is 4.74 Å². The molecule has 1 saturated heterocycles. The third-order valence-corrected chi connectivity index (χ3v) is 5.12. The highest BCUT2D eigenvalue weighted by molar-refractivity contribution is 5.55. The number of rotatable bonds is 5. The van der Waals surface area contributed by atoms with Gasteiger partial charge in [-0.25, -0.2) is 9.97 Å². The molecule has 138 valence electrons. The number of nitrogens with zero attached hydrogens (tertiary/aromatic N) is 4. The molecule has 5 heteroatoms. The summed E-state index contributed by atoms with van der Waals surface area (Å²) in [6.07, 6.45) is 11.4. The van der Waals surface area contributed by atoms with Crippen LogP contribution in [0.25, 0.3) is 11.4 Å². The molecular weight excluding hydrogens is 336 g/mol. The van der Waals surface area contributed by atoms with Crippen LogP contribution in [0, 0.1) is 0 Å². The van der Waals surface area contributed by atoms with Gasteiger partial charge in [-0.3, -0.25) is 9.88 Å². The van der Waals surface area contributed by atoms with Crippen molar-refractivity contribution < 1.29 is 4.74 Å². The Labute approximate surface area is 160 Å². The summed E-state index contributed by atoms with van der Waals surface area (Å²) in [6, 6.07) is 12.5. The van der Waals surface area contributed by atoms with Gasteiger partial charge in [0.25, 0.3) is 0 Å². The van der Waals surface area contributed by atoms with Crippen molar-refractivity contribution in [1.29, 1.82) is 0 Å². The Hall–Kier alpha value is -2.79. The van der Waals surface area contributed by atoms with Gasteiger partial charge in [0.1, 0.15) is 5.75 Å². The van der Waals surface area contributed by atoms with Gasteiger partial charge in [0.2, 0.25) is 0 Å². The van der Waals surface area contributed by atoms with Crippen LogP contribution in [0.3, 0.4) is 0 Å². The third kappa shape index (κ3) is 4.14. The van der Waals surface area contributed by atoms with Gasteiger partial charge in [0, 0.05) is 48.5 Å². The number of hydrogen-bond donors (Lipinski definition) is 0. The van der Waals surface area contributed by atoms with Crippen LogP contribution in [-0.2, 0) is 6.54 Å². The van der Waals surface area contributed by atoms with Crippen molar-refractivity contribution in [3.63, 3.8) is 0 Å². The van der Waals surface area contributed by atoms with Crippen LogP contribution in [-0.4, -0.2) is 33.5 Å². The lowest BCUT2D eigenvalue weighted by molar-refractivity contribution is 0.140. The first-order valence-corrected chi connectivity index (χ1v) is 9.43. The number of methoxy groups -OCH3 is 1. The number of benzene rings is 1. The first kappa shape index (κ1) is 17.6. The number of ether oxygens (including phenoxy) is 1. The molecule has 27 heavy (non-hydrogen) atoms.